The number of thioether (sulfide) groups is 1. The lowest BCUT2D eigenvalue weighted by molar-refractivity contribution is 0.355. The summed E-state index contributed by atoms with van der Waals surface area (Å²) in [6.45, 7) is 2.87. The second-order valence-corrected chi connectivity index (χ2v) is 8.80. The monoisotopic (exact) mass is 472 g/mol. The predicted molar refractivity (Wildman–Crippen MR) is 126 cm³/mol. The molecule has 0 spiro atoms. The van der Waals surface area contributed by atoms with Crippen molar-refractivity contribution in [1.82, 2.24) is 19.7 Å². The molecule has 0 unspecified atom stereocenters. The average Bonchev–Trinajstić information content (AvgIpc) is 3.44. The molecule has 2 aromatic carbocycles. The first-order chi connectivity index (χ1) is 15.1. The minimum absolute atomic E-state index is 0.692. The highest BCUT2D eigenvalue weighted by atomic mass is 35.5. The van der Waals surface area contributed by atoms with Crippen LogP contribution in [0.1, 0.15) is 12.6 Å². The number of aromatic nitrogens is 4. The Morgan fingerprint density at radius 3 is 2.45 bits per heavy atom. The van der Waals surface area contributed by atoms with E-state index in [1.54, 1.807) is 37.3 Å². The van der Waals surface area contributed by atoms with Crippen molar-refractivity contribution in [3.63, 3.8) is 0 Å². The molecule has 0 aliphatic rings. The van der Waals surface area contributed by atoms with Crippen LogP contribution < -0.4 is 9.47 Å². The number of halogens is 1. The fraction of sp³-hybridized carbons (Fsp3) is 0.227. The van der Waals surface area contributed by atoms with Crippen molar-refractivity contribution >= 4 is 34.7 Å². The van der Waals surface area contributed by atoms with E-state index < -0.39 is 0 Å². The molecular weight excluding hydrogens is 452 g/mol. The van der Waals surface area contributed by atoms with Crippen LogP contribution in [-0.2, 0) is 12.3 Å². The van der Waals surface area contributed by atoms with Crippen molar-refractivity contribution in [1.29, 1.82) is 0 Å². The van der Waals surface area contributed by atoms with Gasteiger partial charge in [0.1, 0.15) is 5.01 Å². The Morgan fingerprint density at radius 1 is 1.00 bits per heavy atom. The Morgan fingerprint density at radius 2 is 1.74 bits per heavy atom. The van der Waals surface area contributed by atoms with Crippen molar-refractivity contribution < 1.29 is 9.47 Å². The molecule has 0 amide bonds. The number of thiazole rings is 1. The number of methoxy groups -OCH3 is 2. The van der Waals surface area contributed by atoms with Gasteiger partial charge in [-0.05, 0) is 49.4 Å². The predicted octanol–water partition coefficient (Wildman–Crippen LogP) is 6.05. The molecule has 2 aromatic heterocycles. The van der Waals surface area contributed by atoms with E-state index in [2.05, 4.69) is 27.1 Å². The minimum atomic E-state index is 0.692. The van der Waals surface area contributed by atoms with Crippen LogP contribution in [0.3, 0.4) is 0 Å². The zero-order chi connectivity index (χ0) is 21.8. The first-order valence-electron chi connectivity index (χ1n) is 9.61. The normalized spacial score (nSPS) is 11.0. The summed E-state index contributed by atoms with van der Waals surface area (Å²) >= 11 is 9.24. The summed E-state index contributed by atoms with van der Waals surface area (Å²) in [6, 6.07) is 13.5. The number of hydrogen-bond acceptors (Lipinski definition) is 7. The highest BCUT2D eigenvalue weighted by molar-refractivity contribution is 7.98. The molecule has 0 saturated carbocycles. The topological polar surface area (TPSA) is 62.1 Å². The van der Waals surface area contributed by atoms with Crippen molar-refractivity contribution in [2.45, 2.75) is 24.4 Å². The van der Waals surface area contributed by atoms with Gasteiger partial charge in [-0.25, -0.2) is 4.98 Å². The smallest absolute Gasteiger partial charge is 0.191 e. The van der Waals surface area contributed by atoms with Gasteiger partial charge in [0.2, 0.25) is 0 Å². The van der Waals surface area contributed by atoms with Gasteiger partial charge < -0.3 is 14.0 Å². The molecule has 0 aliphatic carbocycles. The van der Waals surface area contributed by atoms with Crippen LogP contribution in [0.25, 0.3) is 22.0 Å². The van der Waals surface area contributed by atoms with Gasteiger partial charge in [-0.1, -0.05) is 23.4 Å². The molecule has 6 nitrogen and oxygen atoms in total. The van der Waals surface area contributed by atoms with Crippen molar-refractivity contribution in [2.24, 2.45) is 0 Å². The summed E-state index contributed by atoms with van der Waals surface area (Å²) in [5.74, 6) is 2.94. The van der Waals surface area contributed by atoms with Gasteiger partial charge in [-0.3, -0.25) is 0 Å². The Hall–Kier alpha value is -2.55. The Bertz CT molecular complexity index is 1170. The van der Waals surface area contributed by atoms with Crippen LogP contribution in [-0.4, -0.2) is 34.0 Å². The SMILES string of the molecule is CCn1c(SCc2csc(-c3ccc(OC)c(OC)c3)n2)nnc1-c1ccc(Cl)cc1. The molecule has 160 valence electrons. The van der Waals surface area contributed by atoms with E-state index >= 15 is 0 Å². The Kier molecular flexibility index (Phi) is 6.80. The quantitative estimate of drug-likeness (QED) is 0.291. The molecule has 0 atom stereocenters. The zero-order valence-electron chi connectivity index (χ0n) is 17.3. The number of ether oxygens (including phenoxy) is 2. The number of rotatable bonds is 8. The van der Waals surface area contributed by atoms with Crippen LogP contribution in [0.4, 0.5) is 0 Å². The standard InChI is InChI=1S/C22H21ClN4O2S2/c1-4-27-20(14-5-8-16(23)9-6-14)25-26-22(27)31-13-17-12-30-21(24-17)15-7-10-18(28-2)19(11-15)29-3/h5-12H,4,13H2,1-3H3. The van der Waals surface area contributed by atoms with Crippen LogP contribution in [0, 0.1) is 0 Å². The van der Waals surface area contributed by atoms with E-state index in [4.69, 9.17) is 26.1 Å². The fourth-order valence-electron chi connectivity index (χ4n) is 3.11. The molecule has 9 heteroatoms. The van der Waals surface area contributed by atoms with Gasteiger partial charge in [0.25, 0.3) is 0 Å². The molecule has 31 heavy (non-hydrogen) atoms. The number of nitrogens with zero attached hydrogens (tertiary/aromatic N) is 4. The summed E-state index contributed by atoms with van der Waals surface area (Å²) in [5, 5.41) is 13.4. The summed E-state index contributed by atoms with van der Waals surface area (Å²) in [4.78, 5) is 4.79. The summed E-state index contributed by atoms with van der Waals surface area (Å²) in [6.07, 6.45) is 0. The highest BCUT2D eigenvalue weighted by Gasteiger charge is 2.15. The lowest BCUT2D eigenvalue weighted by Gasteiger charge is -2.08. The van der Waals surface area contributed by atoms with Crippen molar-refractivity contribution in [3.05, 3.63) is 58.6 Å². The Balaban J connectivity index is 1.50. The third-order valence-electron chi connectivity index (χ3n) is 4.67. The molecule has 4 aromatic rings. The second kappa shape index (κ2) is 9.72. The molecule has 0 N–H and O–H groups in total. The average molecular weight is 473 g/mol. The molecule has 2 heterocycles. The van der Waals surface area contributed by atoms with E-state index in [0.717, 1.165) is 39.4 Å². The summed E-state index contributed by atoms with van der Waals surface area (Å²) < 4.78 is 12.8. The fourth-order valence-corrected chi connectivity index (χ4v) is 5.05. The maximum Gasteiger partial charge on any atom is 0.191 e. The minimum Gasteiger partial charge on any atom is -0.493 e. The van der Waals surface area contributed by atoms with Gasteiger partial charge in [0.05, 0.1) is 19.9 Å². The van der Waals surface area contributed by atoms with E-state index in [1.165, 1.54) is 0 Å². The first-order valence-corrected chi connectivity index (χ1v) is 11.9. The van der Waals surface area contributed by atoms with Gasteiger partial charge in [-0.15, -0.1) is 21.5 Å². The molecule has 0 aliphatic heterocycles. The van der Waals surface area contributed by atoms with E-state index in [9.17, 15) is 0 Å². The van der Waals surface area contributed by atoms with Gasteiger partial charge in [0.15, 0.2) is 22.5 Å². The van der Waals surface area contributed by atoms with E-state index in [1.807, 2.05) is 42.5 Å². The molecule has 4 rings (SSSR count). The lowest BCUT2D eigenvalue weighted by atomic mass is 10.2. The van der Waals surface area contributed by atoms with Crippen LogP contribution in [0.15, 0.2) is 53.0 Å². The van der Waals surface area contributed by atoms with Crippen LogP contribution >= 0.6 is 34.7 Å². The van der Waals surface area contributed by atoms with Crippen molar-refractivity contribution in [3.8, 4) is 33.5 Å². The van der Waals surface area contributed by atoms with E-state index in [0.29, 0.717) is 22.3 Å². The van der Waals surface area contributed by atoms with Gasteiger partial charge in [-0.2, -0.15) is 0 Å². The van der Waals surface area contributed by atoms with E-state index in [-0.39, 0.29) is 0 Å². The zero-order valence-corrected chi connectivity index (χ0v) is 19.7. The van der Waals surface area contributed by atoms with Gasteiger partial charge >= 0.3 is 0 Å². The number of hydrogen-bond donors (Lipinski definition) is 0. The summed E-state index contributed by atoms with van der Waals surface area (Å²) in [5.41, 5.74) is 2.99. The first kappa shape index (κ1) is 21.7. The third kappa shape index (κ3) is 4.71. The summed E-state index contributed by atoms with van der Waals surface area (Å²) in [7, 11) is 3.26. The van der Waals surface area contributed by atoms with Crippen LogP contribution in [0.5, 0.6) is 11.5 Å². The largest absolute Gasteiger partial charge is 0.493 e. The molecular formula is C22H21ClN4O2S2. The third-order valence-corrected chi connectivity index (χ3v) is 6.86. The maximum absolute atomic E-state index is 6.01. The van der Waals surface area contributed by atoms with Crippen LogP contribution in [0.2, 0.25) is 5.02 Å². The molecule has 0 fully saturated rings. The van der Waals surface area contributed by atoms with Crippen molar-refractivity contribution in [2.75, 3.05) is 14.2 Å². The second-order valence-electron chi connectivity index (χ2n) is 6.56. The lowest BCUT2D eigenvalue weighted by Crippen LogP contribution is -1.99. The van der Waals surface area contributed by atoms with Gasteiger partial charge in [0, 0.05) is 33.8 Å². The molecule has 0 saturated heterocycles. The maximum atomic E-state index is 6.01. The number of benzene rings is 2. The molecule has 0 radical (unpaired) electrons. The molecule has 0 bridgehead atoms. The Labute approximate surface area is 194 Å². The highest BCUT2D eigenvalue weighted by Crippen LogP contribution is 2.34.